The summed E-state index contributed by atoms with van der Waals surface area (Å²) in [6.07, 6.45) is 5.38. The van der Waals surface area contributed by atoms with Crippen LogP contribution in [0.2, 0.25) is 0 Å². The summed E-state index contributed by atoms with van der Waals surface area (Å²) in [7, 11) is 2.46. The number of rotatable bonds is 0. The normalized spacial score (nSPS) is 55.9. The Labute approximate surface area is 78.4 Å². The van der Waals surface area contributed by atoms with Gasteiger partial charge in [0.05, 0.1) is 25.4 Å². The van der Waals surface area contributed by atoms with Gasteiger partial charge in [-0.15, -0.1) is 11.8 Å². The van der Waals surface area contributed by atoms with Crippen molar-refractivity contribution in [3.05, 3.63) is 11.5 Å². The molecular weight excluding hydrogens is 166 g/mol. The molecule has 12 heavy (non-hydrogen) atoms. The highest BCUT2D eigenvalue weighted by atomic mass is 32.2. The van der Waals surface area contributed by atoms with Gasteiger partial charge in [-0.25, -0.2) is 0 Å². The Morgan fingerprint density at radius 1 is 1.50 bits per heavy atom. The van der Waals surface area contributed by atoms with Crippen LogP contribution in [0.3, 0.4) is 0 Å². The molecule has 0 unspecified atom stereocenters. The van der Waals surface area contributed by atoms with Crippen molar-refractivity contribution in [1.29, 1.82) is 0 Å². The van der Waals surface area contributed by atoms with E-state index >= 15 is 0 Å². The van der Waals surface area contributed by atoms with Gasteiger partial charge < -0.3 is 4.48 Å². The lowest BCUT2D eigenvalue weighted by Gasteiger charge is -2.30. The highest BCUT2D eigenvalue weighted by Gasteiger charge is 2.54. The topological polar surface area (TPSA) is 0 Å². The monoisotopic (exact) mass is 182 g/mol. The molecule has 0 N–H and O–H groups in total. The third kappa shape index (κ3) is 0.801. The molecule has 2 fully saturated rings. The Kier molecular flexibility index (Phi) is 1.43. The first-order chi connectivity index (χ1) is 5.80. The molecule has 0 aromatic rings. The summed E-state index contributed by atoms with van der Waals surface area (Å²) < 4.78 is 1.38. The Hall–Kier alpha value is 0.0500. The molecule has 0 aromatic carbocycles. The molecule has 3 rings (SSSR count). The lowest BCUT2D eigenvalue weighted by molar-refractivity contribution is -0.909. The van der Waals surface area contributed by atoms with Crippen LogP contribution < -0.4 is 0 Å². The number of nitrogens with zero attached hydrogens (tertiary/aromatic N) is 1. The largest absolute Gasteiger partial charge is 0.322 e. The van der Waals surface area contributed by atoms with Crippen molar-refractivity contribution in [3.8, 4) is 0 Å². The summed E-state index contributed by atoms with van der Waals surface area (Å²) in [6.45, 7) is 2.85. The minimum atomic E-state index is 0.908. The molecule has 2 heteroatoms. The van der Waals surface area contributed by atoms with E-state index in [0.717, 1.165) is 17.2 Å². The molecule has 0 spiro atoms. The average molecular weight is 182 g/mol. The van der Waals surface area contributed by atoms with Crippen LogP contribution in [-0.4, -0.2) is 35.9 Å². The molecule has 66 valence electrons. The van der Waals surface area contributed by atoms with Gasteiger partial charge in [0.15, 0.2) is 0 Å². The predicted molar refractivity (Wildman–Crippen MR) is 52.9 cm³/mol. The SMILES string of the molecule is C[N@+]12CCC[C@H]1[C@H]1SC=C[C@H]1C2. The maximum Gasteiger partial charge on any atom is 0.102 e. The van der Waals surface area contributed by atoms with Crippen molar-refractivity contribution in [1.82, 2.24) is 0 Å². The third-order valence-electron chi connectivity index (χ3n) is 3.96. The van der Waals surface area contributed by atoms with Crippen molar-refractivity contribution in [2.75, 3.05) is 20.1 Å². The first kappa shape index (κ1) is 7.45. The fourth-order valence-corrected chi connectivity index (χ4v) is 4.82. The molecule has 4 atom stereocenters. The van der Waals surface area contributed by atoms with Gasteiger partial charge >= 0.3 is 0 Å². The van der Waals surface area contributed by atoms with Crippen molar-refractivity contribution >= 4 is 11.8 Å². The van der Waals surface area contributed by atoms with Crippen LogP contribution in [0, 0.1) is 5.92 Å². The second-order valence-corrected chi connectivity index (χ2v) is 5.78. The van der Waals surface area contributed by atoms with Crippen molar-refractivity contribution in [2.45, 2.75) is 24.1 Å². The number of quaternary nitrogens is 1. The highest BCUT2D eigenvalue weighted by molar-refractivity contribution is 8.03. The van der Waals surface area contributed by atoms with E-state index in [2.05, 4.69) is 30.3 Å². The Morgan fingerprint density at radius 3 is 3.33 bits per heavy atom. The van der Waals surface area contributed by atoms with Gasteiger partial charge in [-0.1, -0.05) is 6.08 Å². The highest BCUT2D eigenvalue weighted by Crippen LogP contribution is 2.47. The second-order valence-electron chi connectivity index (χ2n) is 4.69. The zero-order chi connectivity index (χ0) is 8.18. The average Bonchev–Trinajstić information content (AvgIpc) is 2.57. The molecule has 0 aromatic heterocycles. The number of hydrogen-bond acceptors (Lipinski definition) is 1. The number of fused-ring (bicyclic) bond motifs is 3. The summed E-state index contributed by atoms with van der Waals surface area (Å²) >= 11 is 2.09. The molecule has 0 aliphatic carbocycles. The molecule has 1 nitrogen and oxygen atoms in total. The van der Waals surface area contributed by atoms with Gasteiger partial charge in [0.2, 0.25) is 0 Å². The van der Waals surface area contributed by atoms with E-state index in [0.29, 0.717) is 0 Å². The van der Waals surface area contributed by atoms with Crippen molar-refractivity contribution in [2.24, 2.45) is 5.92 Å². The molecule has 3 heterocycles. The molecule has 0 bridgehead atoms. The maximum absolute atomic E-state index is 2.46. The lowest BCUT2D eigenvalue weighted by atomic mass is 10.0. The van der Waals surface area contributed by atoms with Gasteiger partial charge in [0.1, 0.15) is 6.04 Å². The van der Waals surface area contributed by atoms with Crippen LogP contribution in [0.25, 0.3) is 0 Å². The molecule has 0 radical (unpaired) electrons. The van der Waals surface area contributed by atoms with E-state index in [1.165, 1.54) is 30.4 Å². The lowest BCUT2D eigenvalue weighted by Crippen LogP contribution is -2.45. The molecular formula is C10H16NS+. The van der Waals surface area contributed by atoms with E-state index in [4.69, 9.17) is 0 Å². The van der Waals surface area contributed by atoms with Gasteiger partial charge in [0, 0.05) is 18.8 Å². The van der Waals surface area contributed by atoms with Crippen molar-refractivity contribution < 1.29 is 4.48 Å². The van der Waals surface area contributed by atoms with E-state index in [1.54, 1.807) is 0 Å². The number of hydrogen-bond donors (Lipinski definition) is 0. The van der Waals surface area contributed by atoms with Crippen LogP contribution in [0.15, 0.2) is 11.5 Å². The van der Waals surface area contributed by atoms with Gasteiger partial charge in [-0.3, -0.25) is 0 Å². The first-order valence-electron chi connectivity index (χ1n) is 4.96. The number of thioether (sulfide) groups is 1. The summed E-state index contributed by atoms with van der Waals surface area (Å²) in [5.41, 5.74) is 0. The summed E-state index contributed by atoms with van der Waals surface area (Å²) in [4.78, 5) is 0. The van der Waals surface area contributed by atoms with Crippen molar-refractivity contribution in [3.63, 3.8) is 0 Å². The smallest absolute Gasteiger partial charge is 0.102 e. The molecule has 3 aliphatic rings. The van der Waals surface area contributed by atoms with E-state index in [1.807, 2.05) is 0 Å². The fraction of sp³-hybridized carbons (Fsp3) is 0.800. The van der Waals surface area contributed by atoms with Gasteiger partial charge in [-0.2, -0.15) is 0 Å². The third-order valence-corrected chi connectivity index (χ3v) is 5.25. The van der Waals surface area contributed by atoms with Crippen LogP contribution in [0.5, 0.6) is 0 Å². The quantitative estimate of drug-likeness (QED) is 0.515. The first-order valence-corrected chi connectivity index (χ1v) is 5.90. The van der Waals surface area contributed by atoms with E-state index < -0.39 is 0 Å². The molecule has 2 saturated heterocycles. The van der Waals surface area contributed by atoms with Crippen LogP contribution in [-0.2, 0) is 0 Å². The van der Waals surface area contributed by atoms with E-state index in [-0.39, 0.29) is 0 Å². The predicted octanol–water partition coefficient (Wildman–Crippen LogP) is 1.85. The minimum absolute atomic E-state index is 0.908. The Morgan fingerprint density at radius 2 is 2.42 bits per heavy atom. The summed E-state index contributed by atoms with van der Waals surface area (Å²) in [5, 5.41) is 3.27. The van der Waals surface area contributed by atoms with Gasteiger partial charge in [-0.05, 0) is 5.41 Å². The van der Waals surface area contributed by atoms with Crippen LogP contribution in [0.1, 0.15) is 12.8 Å². The van der Waals surface area contributed by atoms with E-state index in [9.17, 15) is 0 Å². The summed E-state index contributed by atoms with van der Waals surface area (Å²) in [5.74, 6) is 0.908. The molecule has 3 aliphatic heterocycles. The Bertz CT molecular complexity index is 238. The molecule has 0 saturated carbocycles. The fourth-order valence-electron chi connectivity index (χ4n) is 3.35. The zero-order valence-corrected chi connectivity index (χ0v) is 8.39. The second kappa shape index (κ2) is 2.30. The molecule has 0 amide bonds. The van der Waals surface area contributed by atoms with Crippen LogP contribution in [0.4, 0.5) is 0 Å². The maximum atomic E-state index is 2.46. The minimum Gasteiger partial charge on any atom is -0.322 e. The standard InChI is InChI=1S/C10H16NS/c1-11-5-2-3-9(11)10-8(7-11)4-6-12-10/h4,6,8-10H,2-3,5,7H2,1H3/q+1/t8-,9-,10-,11+/m0/s1. The van der Waals surface area contributed by atoms with Crippen LogP contribution >= 0.6 is 11.8 Å². The zero-order valence-electron chi connectivity index (χ0n) is 7.57. The summed E-state index contributed by atoms with van der Waals surface area (Å²) in [6, 6.07) is 0.981. The van der Waals surface area contributed by atoms with Gasteiger partial charge in [0.25, 0.3) is 0 Å². The Balaban J connectivity index is 1.94.